The average Bonchev–Trinajstić information content (AvgIpc) is 2.81. The van der Waals surface area contributed by atoms with Crippen molar-refractivity contribution in [3.05, 3.63) is 63.6 Å². The summed E-state index contributed by atoms with van der Waals surface area (Å²) in [5.41, 5.74) is 2.03. The standard InChI is InChI=1S/C26H32Cl2N2O2/c1-3-26(4-2)16-23(20-7-5-6-8-24(20)32-26)29-25(31)19-11-13-30(14-12-19)17-18-9-10-21(27)22(28)15-18/h5-10,15,19,23H,3-4,11-14,16-17H2,1-2H3,(H,29,31)/t23-/m0/s1. The van der Waals surface area contributed by atoms with Crippen molar-refractivity contribution in [3.8, 4) is 5.75 Å². The number of nitrogens with one attached hydrogen (secondary N) is 1. The molecule has 2 aliphatic rings. The number of fused-ring (bicyclic) bond motifs is 1. The van der Waals surface area contributed by atoms with Crippen molar-refractivity contribution < 1.29 is 9.53 Å². The number of amides is 1. The lowest BCUT2D eigenvalue weighted by molar-refractivity contribution is -0.128. The van der Waals surface area contributed by atoms with E-state index in [0.29, 0.717) is 10.0 Å². The van der Waals surface area contributed by atoms with E-state index >= 15 is 0 Å². The van der Waals surface area contributed by atoms with Crippen LogP contribution in [0.2, 0.25) is 10.0 Å². The van der Waals surface area contributed by atoms with Crippen molar-refractivity contribution in [2.75, 3.05) is 13.1 Å². The lowest BCUT2D eigenvalue weighted by Gasteiger charge is -2.42. The van der Waals surface area contributed by atoms with E-state index in [2.05, 4.69) is 30.1 Å². The highest BCUT2D eigenvalue weighted by Gasteiger charge is 2.39. The van der Waals surface area contributed by atoms with Crippen molar-refractivity contribution in [1.29, 1.82) is 0 Å². The van der Waals surface area contributed by atoms with Crippen LogP contribution in [0.15, 0.2) is 42.5 Å². The second-order valence-electron chi connectivity index (χ2n) is 9.09. The van der Waals surface area contributed by atoms with Crippen LogP contribution >= 0.6 is 23.2 Å². The molecule has 0 aromatic heterocycles. The molecule has 32 heavy (non-hydrogen) atoms. The molecule has 4 nitrogen and oxygen atoms in total. The van der Waals surface area contributed by atoms with Gasteiger partial charge in [0.25, 0.3) is 0 Å². The normalized spacial score (nSPS) is 20.9. The summed E-state index contributed by atoms with van der Waals surface area (Å²) in [6, 6.07) is 13.9. The first kappa shape index (κ1) is 23.4. The van der Waals surface area contributed by atoms with Gasteiger partial charge in [0.05, 0.1) is 16.1 Å². The van der Waals surface area contributed by atoms with E-state index in [4.69, 9.17) is 27.9 Å². The van der Waals surface area contributed by atoms with Crippen LogP contribution in [0, 0.1) is 5.92 Å². The highest BCUT2D eigenvalue weighted by Crippen LogP contribution is 2.42. The van der Waals surface area contributed by atoms with Crippen LogP contribution in [0.4, 0.5) is 0 Å². The number of rotatable bonds is 6. The van der Waals surface area contributed by atoms with Gasteiger partial charge in [-0.1, -0.05) is 61.3 Å². The summed E-state index contributed by atoms with van der Waals surface area (Å²) < 4.78 is 6.39. The van der Waals surface area contributed by atoms with Crippen molar-refractivity contribution in [1.82, 2.24) is 10.2 Å². The minimum absolute atomic E-state index is 0.00147. The van der Waals surface area contributed by atoms with E-state index in [9.17, 15) is 4.79 Å². The van der Waals surface area contributed by atoms with Gasteiger partial charge < -0.3 is 10.1 Å². The summed E-state index contributed by atoms with van der Waals surface area (Å²) >= 11 is 12.2. The number of hydrogen-bond acceptors (Lipinski definition) is 3. The van der Waals surface area contributed by atoms with Crippen molar-refractivity contribution >= 4 is 29.1 Å². The highest BCUT2D eigenvalue weighted by molar-refractivity contribution is 6.42. The fourth-order valence-electron chi connectivity index (χ4n) is 4.97. The van der Waals surface area contributed by atoms with Gasteiger partial charge in [0, 0.05) is 24.4 Å². The number of carbonyl (C=O) groups is 1. The maximum absolute atomic E-state index is 13.2. The van der Waals surface area contributed by atoms with Gasteiger partial charge in [0.1, 0.15) is 11.4 Å². The minimum atomic E-state index is -0.213. The van der Waals surface area contributed by atoms with E-state index in [1.54, 1.807) is 0 Å². The topological polar surface area (TPSA) is 41.6 Å². The van der Waals surface area contributed by atoms with Gasteiger partial charge in [-0.2, -0.15) is 0 Å². The fraction of sp³-hybridized carbons (Fsp3) is 0.500. The van der Waals surface area contributed by atoms with E-state index in [1.165, 1.54) is 0 Å². The zero-order valence-corrected chi connectivity index (χ0v) is 20.4. The number of carbonyl (C=O) groups excluding carboxylic acids is 1. The molecule has 0 unspecified atom stereocenters. The maximum atomic E-state index is 13.2. The third-order valence-corrected chi connectivity index (χ3v) is 7.89. The van der Waals surface area contributed by atoms with Gasteiger partial charge in [0.15, 0.2) is 0 Å². The molecule has 0 spiro atoms. The molecule has 2 aromatic carbocycles. The Labute approximate surface area is 201 Å². The molecule has 1 saturated heterocycles. The molecule has 0 radical (unpaired) electrons. The first-order chi connectivity index (χ1) is 15.4. The molecule has 2 heterocycles. The third-order valence-electron chi connectivity index (χ3n) is 7.15. The van der Waals surface area contributed by atoms with Gasteiger partial charge in [-0.3, -0.25) is 9.69 Å². The van der Waals surface area contributed by atoms with Gasteiger partial charge in [0.2, 0.25) is 5.91 Å². The monoisotopic (exact) mass is 474 g/mol. The van der Waals surface area contributed by atoms with Crippen molar-refractivity contribution in [3.63, 3.8) is 0 Å². The zero-order chi connectivity index (χ0) is 22.7. The Hall–Kier alpha value is -1.75. The van der Waals surface area contributed by atoms with Crippen LogP contribution in [0.3, 0.4) is 0 Å². The summed E-state index contributed by atoms with van der Waals surface area (Å²) in [7, 11) is 0. The number of halogens is 2. The summed E-state index contributed by atoms with van der Waals surface area (Å²) in [4.78, 5) is 15.6. The Morgan fingerprint density at radius 3 is 2.50 bits per heavy atom. The second-order valence-corrected chi connectivity index (χ2v) is 9.91. The first-order valence-corrected chi connectivity index (χ1v) is 12.4. The van der Waals surface area contributed by atoms with Crippen molar-refractivity contribution in [2.24, 2.45) is 5.92 Å². The lowest BCUT2D eigenvalue weighted by atomic mass is 9.83. The van der Waals surface area contributed by atoms with Crippen LogP contribution in [-0.4, -0.2) is 29.5 Å². The largest absolute Gasteiger partial charge is 0.487 e. The van der Waals surface area contributed by atoms with E-state index < -0.39 is 0 Å². The molecule has 0 bridgehead atoms. The smallest absolute Gasteiger partial charge is 0.223 e. The fourth-order valence-corrected chi connectivity index (χ4v) is 5.29. The number of hydrogen-bond donors (Lipinski definition) is 1. The minimum Gasteiger partial charge on any atom is -0.487 e. The summed E-state index contributed by atoms with van der Waals surface area (Å²) in [5, 5.41) is 4.54. The number of likely N-dealkylation sites (tertiary alicyclic amines) is 1. The molecule has 1 N–H and O–H groups in total. The predicted octanol–water partition coefficient (Wildman–Crippen LogP) is 6.40. The SMILES string of the molecule is CCC1(CC)C[C@H](NC(=O)C2CCN(Cc3ccc(Cl)c(Cl)c3)CC2)c2ccccc2O1. The number of piperidine rings is 1. The van der Waals surface area contributed by atoms with Gasteiger partial charge in [-0.15, -0.1) is 0 Å². The summed E-state index contributed by atoms with van der Waals surface area (Å²) in [6.45, 7) is 6.96. The molecule has 2 aromatic rings. The molecular weight excluding hydrogens is 443 g/mol. The van der Waals surface area contributed by atoms with Gasteiger partial charge >= 0.3 is 0 Å². The van der Waals surface area contributed by atoms with E-state index in [0.717, 1.165) is 68.6 Å². The maximum Gasteiger partial charge on any atom is 0.223 e. The average molecular weight is 475 g/mol. The summed E-state index contributed by atoms with van der Waals surface area (Å²) in [6.07, 6.45) is 4.41. The van der Waals surface area contributed by atoms with Crippen LogP contribution < -0.4 is 10.1 Å². The Morgan fingerprint density at radius 1 is 1.09 bits per heavy atom. The van der Waals surface area contributed by atoms with Crippen LogP contribution in [0.1, 0.15) is 63.1 Å². The first-order valence-electron chi connectivity index (χ1n) is 11.7. The summed E-state index contributed by atoms with van der Waals surface area (Å²) in [5.74, 6) is 1.12. The second kappa shape index (κ2) is 10.0. The molecule has 172 valence electrons. The quantitative estimate of drug-likeness (QED) is 0.525. The molecular formula is C26H32Cl2N2O2. The third kappa shape index (κ3) is 5.08. The number of para-hydroxylation sites is 1. The lowest BCUT2D eigenvalue weighted by Crippen LogP contribution is -2.47. The molecule has 1 fully saturated rings. The molecule has 0 saturated carbocycles. The number of ether oxygens (including phenoxy) is 1. The van der Waals surface area contributed by atoms with Crippen molar-refractivity contribution in [2.45, 2.75) is 64.1 Å². The Balaban J connectivity index is 1.37. The number of benzene rings is 2. The highest BCUT2D eigenvalue weighted by atomic mass is 35.5. The van der Waals surface area contributed by atoms with E-state index in [1.807, 2.05) is 36.4 Å². The predicted molar refractivity (Wildman–Crippen MR) is 130 cm³/mol. The Kier molecular flexibility index (Phi) is 7.34. The van der Waals surface area contributed by atoms with Crippen LogP contribution in [-0.2, 0) is 11.3 Å². The Bertz CT molecular complexity index is 953. The molecule has 2 aliphatic heterocycles. The van der Waals surface area contributed by atoms with Crippen LogP contribution in [0.25, 0.3) is 0 Å². The molecule has 1 amide bonds. The van der Waals surface area contributed by atoms with Gasteiger partial charge in [-0.05, 0) is 62.5 Å². The van der Waals surface area contributed by atoms with Gasteiger partial charge in [-0.25, -0.2) is 0 Å². The molecule has 1 atom stereocenters. The molecule has 6 heteroatoms. The van der Waals surface area contributed by atoms with E-state index in [-0.39, 0.29) is 23.5 Å². The Morgan fingerprint density at radius 2 is 1.81 bits per heavy atom. The number of nitrogens with zero attached hydrogens (tertiary/aromatic N) is 1. The van der Waals surface area contributed by atoms with Crippen LogP contribution in [0.5, 0.6) is 5.75 Å². The molecule has 4 rings (SSSR count). The zero-order valence-electron chi connectivity index (χ0n) is 18.9. The molecule has 0 aliphatic carbocycles.